The van der Waals surface area contributed by atoms with Crippen LogP contribution < -0.4 is 4.74 Å². The van der Waals surface area contributed by atoms with Crippen molar-refractivity contribution in [2.45, 2.75) is 13.3 Å². The molecule has 1 aliphatic rings. The molecule has 0 bridgehead atoms. The van der Waals surface area contributed by atoms with E-state index in [2.05, 4.69) is 54.6 Å². The predicted octanol–water partition coefficient (Wildman–Crippen LogP) is 6.56. The fraction of sp³-hybridized carbons (Fsp3) is 0.148. The van der Waals surface area contributed by atoms with E-state index >= 15 is 0 Å². The maximum atomic E-state index is 13.2. The van der Waals surface area contributed by atoms with E-state index in [1.165, 1.54) is 10.8 Å². The quantitative estimate of drug-likeness (QED) is 0.404. The van der Waals surface area contributed by atoms with Crippen molar-refractivity contribution in [1.82, 2.24) is 0 Å². The Labute approximate surface area is 170 Å². The molecule has 4 aromatic carbocycles. The largest absolute Gasteiger partial charge is 0.496 e. The van der Waals surface area contributed by atoms with Crippen molar-refractivity contribution in [3.8, 4) is 28.0 Å². The highest BCUT2D eigenvalue weighted by atomic mass is 16.5. The third-order valence-electron chi connectivity index (χ3n) is 5.96. The molecule has 0 heterocycles. The molecule has 5 rings (SSSR count). The number of ketones is 1. The van der Waals surface area contributed by atoms with Crippen LogP contribution in [0.4, 0.5) is 0 Å². The lowest BCUT2D eigenvalue weighted by Gasteiger charge is -2.19. The number of fused-ring (bicyclic) bond motifs is 2. The van der Waals surface area contributed by atoms with Gasteiger partial charge in [0.2, 0.25) is 0 Å². The second kappa shape index (κ2) is 6.89. The van der Waals surface area contributed by atoms with Gasteiger partial charge in [-0.05, 0) is 45.5 Å². The molecule has 0 fully saturated rings. The Hall–Kier alpha value is -3.39. The SMILES string of the molecule is COc1cc(-c2ccccc2)c2c(c1-c1cccc3ccccc13)CC(C)C2=O. The number of carbonyl (C=O) groups is 1. The Morgan fingerprint density at radius 1 is 0.828 bits per heavy atom. The van der Waals surface area contributed by atoms with Gasteiger partial charge in [0.1, 0.15) is 5.75 Å². The highest BCUT2D eigenvalue weighted by molar-refractivity contribution is 6.11. The molecule has 0 spiro atoms. The molecule has 0 radical (unpaired) electrons. The van der Waals surface area contributed by atoms with E-state index in [0.29, 0.717) is 0 Å². The van der Waals surface area contributed by atoms with E-state index in [-0.39, 0.29) is 11.7 Å². The first-order valence-electron chi connectivity index (χ1n) is 10.0. The molecule has 1 unspecified atom stereocenters. The number of hydrogen-bond acceptors (Lipinski definition) is 2. The van der Waals surface area contributed by atoms with Crippen LogP contribution in [0.3, 0.4) is 0 Å². The molecule has 0 saturated carbocycles. The lowest BCUT2D eigenvalue weighted by molar-refractivity contribution is 0.0947. The van der Waals surface area contributed by atoms with Crippen molar-refractivity contribution in [1.29, 1.82) is 0 Å². The maximum Gasteiger partial charge on any atom is 0.166 e. The number of rotatable bonds is 3. The highest BCUT2D eigenvalue weighted by Crippen LogP contribution is 2.47. The Bertz CT molecular complexity index is 1230. The molecule has 1 aliphatic carbocycles. The summed E-state index contributed by atoms with van der Waals surface area (Å²) in [6.45, 7) is 2.02. The summed E-state index contributed by atoms with van der Waals surface area (Å²) in [7, 11) is 1.71. The van der Waals surface area contributed by atoms with Gasteiger partial charge in [0, 0.05) is 17.0 Å². The first kappa shape index (κ1) is 17.7. The van der Waals surface area contributed by atoms with Gasteiger partial charge in [-0.25, -0.2) is 0 Å². The fourth-order valence-corrected chi connectivity index (χ4v) is 4.59. The molecule has 1 atom stereocenters. The van der Waals surface area contributed by atoms with Crippen molar-refractivity contribution in [3.63, 3.8) is 0 Å². The van der Waals surface area contributed by atoms with Gasteiger partial charge in [-0.15, -0.1) is 0 Å². The Morgan fingerprint density at radius 2 is 1.55 bits per heavy atom. The van der Waals surface area contributed by atoms with Gasteiger partial charge in [-0.1, -0.05) is 79.7 Å². The van der Waals surface area contributed by atoms with Crippen LogP contribution in [0.5, 0.6) is 5.75 Å². The zero-order valence-electron chi connectivity index (χ0n) is 16.6. The predicted molar refractivity (Wildman–Crippen MR) is 119 cm³/mol. The average Bonchev–Trinajstić information content (AvgIpc) is 3.07. The summed E-state index contributed by atoms with van der Waals surface area (Å²) in [5, 5.41) is 2.36. The number of methoxy groups -OCH3 is 1. The van der Waals surface area contributed by atoms with Gasteiger partial charge in [0.25, 0.3) is 0 Å². The van der Waals surface area contributed by atoms with E-state index in [1.807, 2.05) is 31.2 Å². The first-order valence-corrected chi connectivity index (χ1v) is 10.0. The van der Waals surface area contributed by atoms with Crippen molar-refractivity contribution in [2.75, 3.05) is 7.11 Å². The smallest absolute Gasteiger partial charge is 0.166 e. The van der Waals surface area contributed by atoms with Crippen LogP contribution in [0.25, 0.3) is 33.0 Å². The molecule has 0 aromatic heterocycles. The molecule has 29 heavy (non-hydrogen) atoms. The van der Waals surface area contributed by atoms with Crippen LogP contribution in [0, 0.1) is 5.92 Å². The summed E-state index contributed by atoms with van der Waals surface area (Å²) in [4.78, 5) is 13.2. The molecule has 0 N–H and O–H groups in total. The number of carbonyl (C=O) groups excluding carboxylic acids is 1. The first-order chi connectivity index (χ1) is 14.2. The van der Waals surface area contributed by atoms with Crippen LogP contribution in [-0.2, 0) is 6.42 Å². The summed E-state index contributed by atoms with van der Waals surface area (Å²) in [5.41, 5.74) is 6.16. The Morgan fingerprint density at radius 3 is 2.34 bits per heavy atom. The third-order valence-corrected chi connectivity index (χ3v) is 5.96. The molecule has 142 valence electrons. The molecule has 4 aromatic rings. The van der Waals surface area contributed by atoms with Crippen LogP contribution >= 0.6 is 0 Å². The molecule has 0 amide bonds. The van der Waals surface area contributed by atoms with E-state index in [0.717, 1.165) is 45.6 Å². The molecular weight excluding hydrogens is 356 g/mol. The van der Waals surface area contributed by atoms with E-state index in [1.54, 1.807) is 7.11 Å². The number of hydrogen-bond donors (Lipinski definition) is 0. The highest BCUT2D eigenvalue weighted by Gasteiger charge is 2.34. The lowest BCUT2D eigenvalue weighted by Crippen LogP contribution is -2.05. The Balaban J connectivity index is 1.88. The summed E-state index contributed by atoms with van der Waals surface area (Å²) in [6, 6.07) is 26.9. The summed E-state index contributed by atoms with van der Waals surface area (Å²) >= 11 is 0. The van der Waals surface area contributed by atoms with Gasteiger partial charge in [-0.2, -0.15) is 0 Å². The minimum absolute atomic E-state index is 0.0201. The van der Waals surface area contributed by atoms with Crippen molar-refractivity contribution < 1.29 is 9.53 Å². The third kappa shape index (κ3) is 2.75. The van der Waals surface area contributed by atoms with Crippen molar-refractivity contribution in [3.05, 3.63) is 90.0 Å². The summed E-state index contributed by atoms with van der Waals surface area (Å²) in [5.74, 6) is 1.03. The van der Waals surface area contributed by atoms with Gasteiger partial charge in [-0.3, -0.25) is 4.79 Å². The number of Topliss-reactive ketones (excluding diaryl/α,β-unsaturated/α-hetero) is 1. The summed E-state index contributed by atoms with van der Waals surface area (Å²) < 4.78 is 5.90. The van der Waals surface area contributed by atoms with Crippen LogP contribution in [0.1, 0.15) is 22.8 Å². The fourth-order valence-electron chi connectivity index (χ4n) is 4.59. The van der Waals surface area contributed by atoms with Gasteiger partial charge in [0.05, 0.1) is 7.11 Å². The average molecular weight is 378 g/mol. The standard InChI is InChI=1S/C27H22O2/c1-17-15-23-25(21-14-8-12-18-11-6-7-13-20(18)21)24(29-2)16-22(26(23)27(17)28)19-9-4-3-5-10-19/h3-14,16-17H,15H2,1-2H3. The van der Waals surface area contributed by atoms with Gasteiger partial charge < -0.3 is 4.74 Å². The maximum absolute atomic E-state index is 13.2. The molecule has 0 aliphatic heterocycles. The van der Waals surface area contributed by atoms with Gasteiger partial charge >= 0.3 is 0 Å². The normalized spacial score (nSPS) is 15.5. The topological polar surface area (TPSA) is 26.3 Å². The minimum Gasteiger partial charge on any atom is -0.496 e. The molecule has 2 nitrogen and oxygen atoms in total. The van der Waals surface area contributed by atoms with Crippen LogP contribution in [-0.4, -0.2) is 12.9 Å². The molecular formula is C27H22O2. The zero-order valence-corrected chi connectivity index (χ0v) is 16.6. The van der Waals surface area contributed by atoms with Gasteiger partial charge in [0.15, 0.2) is 5.78 Å². The molecule has 2 heteroatoms. The monoisotopic (exact) mass is 378 g/mol. The van der Waals surface area contributed by atoms with Crippen molar-refractivity contribution in [2.24, 2.45) is 5.92 Å². The van der Waals surface area contributed by atoms with Crippen LogP contribution in [0.2, 0.25) is 0 Å². The van der Waals surface area contributed by atoms with E-state index in [9.17, 15) is 4.79 Å². The van der Waals surface area contributed by atoms with E-state index in [4.69, 9.17) is 4.74 Å². The van der Waals surface area contributed by atoms with Crippen molar-refractivity contribution >= 4 is 16.6 Å². The summed E-state index contributed by atoms with van der Waals surface area (Å²) in [6.07, 6.45) is 0.740. The zero-order chi connectivity index (χ0) is 20.0. The molecule has 0 saturated heterocycles. The van der Waals surface area contributed by atoms with Crippen LogP contribution in [0.15, 0.2) is 78.9 Å². The lowest BCUT2D eigenvalue weighted by atomic mass is 9.88. The number of ether oxygens (including phenoxy) is 1. The number of benzene rings is 4. The second-order valence-corrected chi connectivity index (χ2v) is 7.72. The Kier molecular flexibility index (Phi) is 4.21. The second-order valence-electron chi connectivity index (χ2n) is 7.72. The minimum atomic E-state index is -0.0201. The van der Waals surface area contributed by atoms with E-state index < -0.39 is 0 Å².